The molecule has 1 heterocycles. The van der Waals surface area contributed by atoms with Crippen molar-refractivity contribution in [3.8, 4) is 0 Å². The normalized spacial score (nSPS) is 10.1. The van der Waals surface area contributed by atoms with Crippen LogP contribution in [-0.4, -0.2) is 23.2 Å². The number of nitrogens with zero attached hydrogens (tertiary/aromatic N) is 2. The van der Waals surface area contributed by atoms with Gasteiger partial charge in [0.25, 0.3) is 0 Å². The molecule has 0 radical (unpaired) electrons. The molecule has 0 bridgehead atoms. The van der Waals surface area contributed by atoms with E-state index in [2.05, 4.69) is 26.6 Å². The summed E-state index contributed by atoms with van der Waals surface area (Å²) >= 11 is 0. The predicted octanol–water partition coefficient (Wildman–Crippen LogP) is 0.778. The molecule has 0 spiro atoms. The summed E-state index contributed by atoms with van der Waals surface area (Å²) in [6.07, 6.45) is 2.14. The third kappa shape index (κ3) is 3.30. The van der Waals surface area contributed by atoms with Crippen LogP contribution < -0.4 is 5.32 Å². The summed E-state index contributed by atoms with van der Waals surface area (Å²) in [5, 5.41) is 6.89. The number of nitrogens with one attached hydrogen (secondary N) is 1. The quantitative estimate of drug-likeness (QED) is 0.520. The molecule has 0 saturated carbocycles. The maximum Gasteiger partial charge on any atom is 0.213 e. The van der Waals surface area contributed by atoms with E-state index in [0.717, 1.165) is 30.9 Å². The average molecular weight is 167 g/mol. The second-order valence-electron chi connectivity index (χ2n) is 2.73. The highest BCUT2D eigenvalue weighted by Crippen LogP contribution is 1.88. The van der Waals surface area contributed by atoms with Crippen LogP contribution in [0.3, 0.4) is 0 Å². The van der Waals surface area contributed by atoms with Gasteiger partial charge in [-0.05, 0) is 6.92 Å². The molecular weight excluding hydrogens is 154 g/mol. The first kappa shape index (κ1) is 8.93. The molecule has 0 aliphatic heterocycles. The molecule has 12 heavy (non-hydrogen) atoms. The molecule has 1 aromatic rings. The van der Waals surface area contributed by atoms with Crippen LogP contribution in [-0.2, 0) is 6.42 Å². The summed E-state index contributed by atoms with van der Waals surface area (Å²) in [6.45, 7) is 7.46. The third-order valence-corrected chi connectivity index (χ3v) is 1.36. The lowest BCUT2D eigenvalue weighted by Crippen LogP contribution is -2.19. The summed E-state index contributed by atoms with van der Waals surface area (Å²) in [6, 6.07) is 0. The monoisotopic (exact) mass is 167 g/mol. The molecular formula is C8H13N3O. The SMILES string of the molecule is C=C(C)CNCCc1ncon1. The smallest absolute Gasteiger partial charge is 0.213 e. The first-order valence-electron chi connectivity index (χ1n) is 3.89. The van der Waals surface area contributed by atoms with Crippen molar-refractivity contribution in [2.75, 3.05) is 13.1 Å². The molecule has 0 saturated heterocycles. The zero-order valence-electron chi connectivity index (χ0n) is 7.21. The highest BCUT2D eigenvalue weighted by molar-refractivity contribution is 4.91. The first-order chi connectivity index (χ1) is 5.79. The fraction of sp³-hybridized carbons (Fsp3) is 0.500. The lowest BCUT2D eigenvalue weighted by Gasteiger charge is -2.00. The minimum Gasteiger partial charge on any atom is -0.343 e. The van der Waals surface area contributed by atoms with Crippen molar-refractivity contribution in [1.29, 1.82) is 0 Å². The molecule has 66 valence electrons. The molecule has 0 fully saturated rings. The standard InChI is InChI=1S/C8H13N3O/c1-7(2)5-9-4-3-8-10-6-12-11-8/h6,9H,1,3-5H2,2H3. The number of aromatic nitrogens is 2. The first-order valence-corrected chi connectivity index (χ1v) is 3.89. The average Bonchev–Trinajstić information content (AvgIpc) is 2.49. The Kier molecular flexibility index (Phi) is 3.47. The highest BCUT2D eigenvalue weighted by Gasteiger charge is 1.96. The fourth-order valence-electron chi connectivity index (χ4n) is 0.805. The van der Waals surface area contributed by atoms with Crippen molar-refractivity contribution >= 4 is 0 Å². The van der Waals surface area contributed by atoms with Gasteiger partial charge < -0.3 is 9.84 Å². The number of rotatable bonds is 5. The maximum atomic E-state index is 4.59. The van der Waals surface area contributed by atoms with Crippen molar-refractivity contribution < 1.29 is 4.52 Å². The zero-order chi connectivity index (χ0) is 8.81. The Morgan fingerprint density at radius 1 is 1.75 bits per heavy atom. The van der Waals surface area contributed by atoms with Gasteiger partial charge in [0.2, 0.25) is 6.39 Å². The molecule has 0 aliphatic carbocycles. The zero-order valence-corrected chi connectivity index (χ0v) is 7.21. The molecule has 1 aromatic heterocycles. The van der Waals surface area contributed by atoms with Gasteiger partial charge in [0.05, 0.1) is 0 Å². The lowest BCUT2D eigenvalue weighted by atomic mass is 10.3. The van der Waals surface area contributed by atoms with Crippen LogP contribution in [0.15, 0.2) is 23.1 Å². The summed E-state index contributed by atoms with van der Waals surface area (Å²) in [5.74, 6) is 0.740. The maximum absolute atomic E-state index is 4.59. The Hall–Kier alpha value is -1.16. The van der Waals surface area contributed by atoms with Crippen LogP contribution in [0.1, 0.15) is 12.7 Å². The summed E-state index contributed by atoms with van der Waals surface area (Å²) in [5.41, 5.74) is 1.13. The van der Waals surface area contributed by atoms with Gasteiger partial charge >= 0.3 is 0 Å². The molecule has 0 atom stereocenters. The Labute approximate surface area is 71.7 Å². The van der Waals surface area contributed by atoms with E-state index in [0.29, 0.717) is 0 Å². The molecule has 4 nitrogen and oxygen atoms in total. The van der Waals surface area contributed by atoms with Crippen molar-refractivity contribution in [2.24, 2.45) is 0 Å². The summed E-state index contributed by atoms with van der Waals surface area (Å²) in [4.78, 5) is 3.89. The van der Waals surface area contributed by atoms with Gasteiger partial charge in [-0.2, -0.15) is 4.98 Å². The van der Waals surface area contributed by atoms with Gasteiger partial charge in [0.15, 0.2) is 5.82 Å². The Balaban J connectivity index is 2.07. The van der Waals surface area contributed by atoms with Crippen molar-refractivity contribution in [1.82, 2.24) is 15.5 Å². The van der Waals surface area contributed by atoms with Crippen LogP contribution in [0, 0.1) is 0 Å². The van der Waals surface area contributed by atoms with Gasteiger partial charge in [-0.15, -0.1) is 0 Å². The summed E-state index contributed by atoms with van der Waals surface area (Å²) < 4.78 is 4.59. The number of hydrogen-bond donors (Lipinski definition) is 1. The van der Waals surface area contributed by atoms with Crippen LogP contribution >= 0.6 is 0 Å². The molecule has 1 N–H and O–H groups in total. The Bertz CT molecular complexity index is 230. The molecule has 0 aromatic carbocycles. The van der Waals surface area contributed by atoms with Crippen molar-refractivity contribution in [2.45, 2.75) is 13.3 Å². The van der Waals surface area contributed by atoms with E-state index < -0.39 is 0 Å². The van der Waals surface area contributed by atoms with E-state index in [1.54, 1.807) is 0 Å². The second-order valence-corrected chi connectivity index (χ2v) is 2.73. The fourth-order valence-corrected chi connectivity index (χ4v) is 0.805. The predicted molar refractivity (Wildman–Crippen MR) is 45.7 cm³/mol. The topological polar surface area (TPSA) is 51.0 Å². The Morgan fingerprint density at radius 3 is 3.17 bits per heavy atom. The Morgan fingerprint density at radius 2 is 2.58 bits per heavy atom. The highest BCUT2D eigenvalue weighted by atomic mass is 16.5. The molecule has 0 unspecified atom stereocenters. The van der Waals surface area contributed by atoms with Gasteiger partial charge in [-0.25, -0.2) is 0 Å². The van der Waals surface area contributed by atoms with E-state index in [9.17, 15) is 0 Å². The van der Waals surface area contributed by atoms with Gasteiger partial charge in [-0.3, -0.25) is 0 Å². The second kappa shape index (κ2) is 4.66. The van der Waals surface area contributed by atoms with Crippen LogP contribution in [0.5, 0.6) is 0 Å². The molecule has 1 rings (SSSR count). The molecule has 0 aliphatic rings. The van der Waals surface area contributed by atoms with Gasteiger partial charge in [0, 0.05) is 19.5 Å². The van der Waals surface area contributed by atoms with Crippen molar-refractivity contribution in [3.05, 3.63) is 24.4 Å². The van der Waals surface area contributed by atoms with E-state index in [4.69, 9.17) is 0 Å². The molecule has 0 amide bonds. The third-order valence-electron chi connectivity index (χ3n) is 1.36. The molecule has 4 heteroatoms. The minimum atomic E-state index is 0.740. The van der Waals surface area contributed by atoms with Crippen LogP contribution in [0.4, 0.5) is 0 Å². The number of hydrogen-bond acceptors (Lipinski definition) is 4. The van der Waals surface area contributed by atoms with Crippen LogP contribution in [0.2, 0.25) is 0 Å². The van der Waals surface area contributed by atoms with Gasteiger partial charge in [0.1, 0.15) is 0 Å². The van der Waals surface area contributed by atoms with E-state index in [1.165, 1.54) is 6.39 Å². The largest absolute Gasteiger partial charge is 0.343 e. The lowest BCUT2D eigenvalue weighted by molar-refractivity contribution is 0.409. The summed E-state index contributed by atoms with van der Waals surface area (Å²) in [7, 11) is 0. The minimum absolute atomic E-state index is 0.740. The van der Waals surface area contributed by atoms with E-state index >= 15 is 0 Å². The van der Waals surface area contributed by atoms with Gasteiger partial charge in [-0.1, -0.05) is 17.3 Å². The van der Waals surface area contributed by atoms with E-state index in [1.807, 2.05) is 6.92 Å². The van der Waals surface area contributed by atoms with Crippen LogP contribution in [0.25, 0.3) is 0 Å². The van der Waals surface area contributed by atoms with E-state index in [-0.39, 0.29) is 0 Å². The van der Waals surface area contributed by atoms with Crippen molar-refractivity contribution in [3.63, 3.8) is 0 Å².